The van der Waals surface area contributed by atoms with Crippen molar-refractivity contribution in [2.75, 3.05) is 13.2 Å². The van der Waals surface area contributed by atoms with Gasteiger partial charge < -0.3 is 10.1 Å². The van der Waals surface area contributed by atoms with Crippen molar-refractivity contribution in [2.24, 2.45) is 0 Å². The Balaban J connectivity index is 1.91. The van der Waals surface area contributed by atoms with Gasteiger partial charge in [-0.1, -0.05) is 6.92 Å². The van der Waals surface area contributed by atoms with Crippen LogP contribution in [0.4, 0.5) is 4.79 Å². The van der Waals surface area contributed by atoms with Gasteiger partial charge in [0, 0.05) is 19.0 Å². The third kappa shape index (κ3) is 5.38. The zero-order valence-electron chi connectivity index (χ0n) is 14.9. The molecular weight excluding hydrogens is 354 g/mol. The Morgan fingerprint density at radius 1 is 1.19 bits per heavy atom. The van der Waals surface area contributed by atoms with Crippen LogP contribution in [-0.2, 0) is 4.79 Å². The van der Waals surface area contributed by atoms with Gasteiger partial charge in [0.25, 0.3) is 5.91 Å². The molecule has 3 amide bonds. The third-order valence-electron chi connectivity index (χ3n) is 3.38. The van der Waals surface area contributed by atoms with Crippen LogP contribution in [0.5, 0.6) is 5.75 Å². The van der Waals surface area contributed by atoms with Crippen molar-refractivity contribution in [2.45, 2.75) is 27.2 Å². The molecule has 8 heteroatoms. The van der Waals surface area contributed by atoms with Crippen molar-refractivity contribution < 1.29 is 19.1 Å². The van der Waals surface area contributed by atoms with Crippen LogP contribution in [0.2, 0.25) is 0 Å². The molecule has 0 aliphatic carbocycles. The summed E-state index contributed by atoms with van der Waals surface area (Å²) >= 11 is 1.35. The average molecular weight is 375 g/mol. The Labute approximate surface area is 155 Å². The zero-order chi connectivity index (χ0) is 19.1. The molecule has 0 saturated heterocycles. The molecule has 1 aromatic heterocycles. The number of carbonyl (C=O) groups excluding carboxylic acids is 3. The van der Waals surface area contributed by atoms with Crippen LogP contribution in [-0.4, -0.2) is 35.9 Å². The van der Waals surface area contributed by atoms with Gasteiger partial charge in [-0.3, -0.25) is 14.9 Å². The van der Waals surface area contributed by atoms with Crippen LogP contribution < -0.4 is 15.4 Å². The van der Waals surface area contributed by atoms with Crippen LogP contribution in [0, 0.1) is 6.92 Å². The maximum absolute atomic E-state index is 11.6. The minimum atomic E-state index is -0.531. The van der Waals surface area contributed by atoms with Crippen LogP contribution >= 0.6 is 11.3 Å². The van der Waals surface area contributed by atoms with E-state index < -0.39 is 11.9 Å². The van der Waals surface area contributed by atoms with Crippen molar-refractivity contribution in [1.82, 2.24) is 15.6 Å². The predicted molar refractivity (Wildman–Crippen MR) is 99.6 cm³/mol. The van der Waals surface area contributed by atoms with E-state index >= 15 is 0 Å². The fourth-order valence-electron chi connectivity index (χ4n) is 2.13. The van der Waals surface area contributed by atoms with Crippen LogP contribution in [0.25, 0.3) is 10.6 Å². The first-order chi connectivity index (χ1) is 12.4. The lowest BCUT2D eigenvalue weighted by molar-refractivity contribution is -0.122. The van der Waals surface area contributed by atoms with Crippen LogP contribution in [0.1, 0.15) is 35.6 Å². The van der Waals surface area contributed by atoms with Gasteiger partial charge in [-0.15, -0.1) is 11.3 Å². The number of carbonyl (C=O) groups is 3. The lowest BCUT2D eigenvalue weighted by Crippen LogP contribution is -2.41. The second kappa shape index (κ2) is 9.10. The molecule has 0 unspecified atom stereocenters. The molecule has 26 heavy (non-hydrogen) atoms. The number of nitrogens with zero attached hydrogens (tertiary/aromatic N) is 1. The van der Waals surface area contributed by atoms with Gasteiger partial charge in [-0.05, 0) is 37.6 Å². The maximum Gasteiger partial charge on any atom is 0.321 e. The monoisotopic (exact) mass is 375 g/mol. The number of imide groups is 1. The van der Waals surface area contributed by atoms with E-state index in [4.69, 9.17) is 4.74 Å². The SMILES string of the molecule is CCCNC(=O)NC(=O)COc1ccc(-c2nc(C)c(C(C)=O)s2)cc1. The first-order valence-electron chi connectivity index (χ1n) is 8.20. The Morgan fingerprint density at radius 3 is 2.46 bits per heavy atom. The van der Waals surface area contributed by atoms with Gasteiger partial charge in [0.05, 0.1) is 10.6 Å². The second-order valence-corrected chi connectivity index (χ2v) is 6.61. The van der Waals surface area contributed by atoms with Gasteiger partial charge >= 0.3 is 6.03 Å². The number of Topliss-reactive ketones (excluding diaryl/α,β-unsaturated/α-hetero) is 1. The van der Waals surface area contributed by atoms with Crippen LogP contribution in [0.3, 0.4) is 0 Å². The summed E-state index contributed by atoms with van der Waals surface area (Å²) < 4.78 is 5.37. The number of nitrogens with one attached hydrogen (secondary N) is 2. The highest BCUT2D eigenvalue weighted by molar-refractivity contribution is 7.17. The van der Waals surface area contributed by atoms with Gasteiger partial charge in [-0.25, -0.2) is 9.78 Å². The predicted octanol–water partition coefficient (Wildman–Crippen LogP) is 2.94. The summed E-state index contributed by atoms with van der Waals surface area (Å²) in [6.45, 7) is 5.49. The summed E-state index contributed by atoms with van der Waals surface area (Å²) in [6, 6.07) is 6.51. The Morgan fingerprint density at radius 2 is 1.88 bits per heavy atom. The number of aryl methyl sites for hydroxylation is 1. The molecule has 0 saturated carbocycles. The fourth-order valence-corrected chi connectivity index (χ4v) is 3.10. The quantitative estimate of drug-likeness (QED) is 0.725. The number of hydrogen-bond acceptors (Lipinski definition) is 6. The number of hydrogen-bond donors (Lipinski definition) is 2. The molecular formula is C18H21N3O4S. The number of benzene rings is 1. The largest absolute Gasteiger partial charge is 0.484 e. The van der Waals surface area contributed by atoms with Crippen LogP contribution in [0.15, 0.2) is 24.3 Å². The van der Waals surface area contributed by atoms with E-state index in [1.165, 1.54) is 18.3 Å². The molecule has 0 aliphatic heterocycles. The van der Waals surface area contributed by atoms with Gasteiger partial charge in [0.2, 0.25) is 0 Å². The number of ether oxygens (including phenoxy) is 1. The molecule has 1 aromatic carbocycles. The highest BCUT2D eigenvalue weighted by Gasteiger charge is 2.13. The van der Waals surface area contributed by atoms with E-state index in [1.807, 2.05) is 26.0 Å². The summed E-state index contributed by atoms with van der Waals surface area (Å²) in [5.41, 5.74) is 1.58. The normalized spacial score (nSPS) is 10.3. The summed E-state index contributed by atoms with van der Waals surface area (Å²) in [6.07, 6.45) is 0.789. The molecule has 2 rings (SSSR count). The number of rotatable bonds is 7. The van der Waals surface area contributed by atoms with E-state index in [0.29, 0.717) is 17.2 Å². The second-order valence-electron chi connectivity index (χ2n) is 5.61. The minimum Gasteiger partial charge on any atom is -0.484 e. The van der Waals surface area contributed by atoms with Crippen molar-refractivity contribution in [3.63, 3.8) is 0 Å². The summed E-state index contributed by atoms with van der Waals surface area (Å²) in [4.78, 5) is 39.6. The summed E-state index contributed by atoms with van der Waals surface area (Å²) in [7, 11) is 0. The third-order valence-corrected chi connectivity index (χ3v) is 4.68. The lowest BCUT2D eigenvalue weighted by atomic mass is 10.2. The first-order valence-corrected chi connectivity index (χ1v) is 9.01. The maximum atomic E-state index is 11.6. The van der Waals surface area contributed by atoms with E-state index in [1.54, 1.807) is 12.1 Å². The molecule has 0 bridgehead atoms. The number of ketones is 1. The highest BCUT2D eigenvalue weighted by Crippen LogP contribution is 2.29. The summed E-state index contributed by atoms with van der Waals surface area (Å²) in [5.74, 6) is -0.0255. The van der Waals surface area contributed by atoms with Crippen molar-refractivity contribution in [1.29, 1.82) is 0 Å². The van der Waals surface area contributed by atoms with E-state index in [9.17, 15) is 14.4 Å². The average Bonchev–Trinajstić information content (AvgIpc) is 3.00. The molecule has 0 atom stereocenters. The van der Waals surface area contributed by atoms with Crippen molar-refractivity contribution in [3.8, 4) is 16.3 Å². The van der Waals surface area contributed by atoms with Gasteiger partial charge in [-0.2, -0.15) is 0 Å². The van der Waals surface area contributed by atoms with E-state index in [-0.39, 0.29) is 12.4 Å². The van der Waals surface area contributed by atoms with Gasteiger partial charge in [0.15, 0.2) is 12.4 Å². The minimum absolute atomic E-state index is 0.000175. The molecule has 0 spiro atoms. The Bertz CT molecular complexity index is 799. The lowest BCUT2D eigenvalue weighted by Gasteiger charge is -2.08. The van der Waals surface area contributed by atoms with E-state index in [0.717, 1.165) is 22.7 Å². The smallest absolute Gasteiger partial charge is 0.321 e. The molecule has 7 nitrogen and oxygen atoms in total. The molecule has 2 aromatic rings. The Kier molecular flexibility index (Phi) is 6.85. The zero-order valence-corrected chi connectivity index (χ0v) is 15.7. The number of aromatic nitrogens is 1. The molecule has 2 N–H and O–H groups in total. The number of thiazole rings is 1. The highest BCUT2D eigenvalue weighted by atomic mass is 32.1. The van der Waals surface area contributed by atoms with Crippen molar-refractivity contribution >= 4 is 29.1 Å². The first kappa shape index (κ1) is 19.6. The topological polar surface area (TPSA) is 97.4 Å². The van der Waals surface area contributed by atoms with E-state index in [2.05, 4.69) is 15.6 Å². The van der Waals surface area contributed by atoms with Crippen molar-refractivity contribution in [3.05, 3.63) is 34.8 Å². The standard InChI is InChI=1S/C18H21N3O4S/c1-4-9-19-18(24)21-15(23)10-25-14-7-5-13(6-8-14)17-20-11(2)16(26-17)12(3)22/h5-8H,4,9-10H2,1-3H3,(H2,19,21,23,24). The molecule has 0 radical (unpaired) electrons. The number of amides is 3. The molecule has 0 fully saturated rings. The molecule has 138 valence electrons. The Hall–Kier alpha value is -2.74. The fraction of sp³-hybridized carbons (Fsp3) is 0.333. The van der Waals surface area contributed by atoms with Gasteiger partial charge in [0.1, 0.15) is 10.8 Å². The number of urea groups is 1. The molecule has 1 heterocycles. The molecule has 0 aliphatic rings. The summed E-state index contributed by atoms with van der Waals surface area (Å²) in [5, 5.41) is 5.49.